The minimum Gasteiger partial charge on any atom is -0.462 e. The Balaban J connectivity index is 1.24. The molecule has 6 aliphatic rings. The summed E-state index contributed by atoms with van der Waals surface area (Å²) >= 11 is 0. The van der Waals surface area contributed by atoms with E-state index in [-0.39, 0.29) is 35.8 Å². The van der Waals surface area contributed by atoms with Gasteiger partial charge in [0, 0.05) is 12.0 Å². The van der Waals surface area contributed by atoms with Gasteiger partial charge in [0.2, 0.25) is 0 Å². The van der Waals surface area contributed by atoms with Crippen LogP contribution in [0.25, 0.3) is 0 Å². The first-order valence-electron chi connectivity index (χ1n) is 23.1. The van der Waals surface area contributed by atoms with Crippen molar-refractivity contribution in [2.75, 3.05) is 6.61 Å². The number of aliphatic hydroxyl groups excluding tert-OH is 2. The molecule has 56 heavy (non-hydrogen) atoms. The van der Waals surface area contributed by atoms with E-state index in [1.165, 1.54) is 44.1 Å². The second-order valence-electron chi connectivity index (χ2n) is 20.3. The van der Waals surface area contributed by atoms with Crippen LogP contribution in [-0.2, 0) is 25.5 Å². The van der Waals surface area contributed by atoms with Crippen molar-refractivity contribution in [1.29, 1.82) is 0 Å². The summed E-state index contributed by atoms with van der Waals surface area (Å²) in [6, 6.07) is 10.6. The smallest absolute Gasteiger partial charge is 0.331 e. The molecule has 5 aliphatic carbocycles. The highest BCUT2D eigenvalue weighted by Crippen LogP contribution is 2.70. The van der Waals surface area contributed by atoms with E-state index in [4.69, 9.17) is 9.47 Å². The van der Waals surface area contributed by atoms with E-state index in [0.717, 1.165) is 82.6 Å². The summed E-state index contributed by atoms with van der Waals surface area (Å²) in [6.45, 7) is 6.92. The first kappa shape index (κ1) is 41.9. The number of carbonyl (C=O) groups is 2. The maximum Gasteiger partial charge on any atom is 0.331 e. The SMILES string of the molecule is C[C@H](CCCc1ccccc1)CC[C@H](O)[C@]12[C@@H]([C@H](OC(=O)C3CCCCC3)C[C@@H](C)[C@]1(O)CCC1=CC(=O)OC1)[C@](C)(C1CCC3(CCCC3)CC1)CC[C@@H]2O. The zero-order valence-corrected chi connectivity index (χ0v) is 35.0. The van der Waals surface area contributed by atoms with Crippen LogP contribution in [0, 0.1) is 45.8 Å². The lowest BCUT2D eigenvalue weighted by Crippen LogP contribution is -2.77. The Morgan fingerprint density at radius 3 is 2.30 bits per heavy atom. The first-order valence-corrected chi connectivity index (χ1v) is 23.1. The molecule has 7 nitrogen and oxygen atoms in total. The topological polar surface area (TPSA) is 113 Å². The Kier molecular flexibility index (Phi) is 13.1. The number of cyclic esters (lactones) is 1. The first-order chi connectivity index (χ1) is 26.9. The van der Waals surface area contributed by atoms with Gasteiger partial charge in [-0.15, -0.1) is 0 Å². The summed E-state index contributed by atoms with van der Waals surface area (Å²) in [5.74, 6) is -0.637. The molecule has 1 spiro atoms. The number of rotatable bonds is 14. The molecular weight excluding hydrogens is 701 g/mol. The van der Waals surface area contributed by atoms with E-state index in [0.29, 0.717) is 49.4 Å². The molecule has 1 aromatic carbocycles. The molecule has 7 heteroatoms. The highest BCUT2D eigenvalue weighted by molar-refractivity contribution is 5.85. The maximum absolute atomic E-state index is 14.2. The third-order valence-corrected chi connectivity index (χ3v) is 17.1. The lowest BCUT2D eigenvalue weighted by molar-refractivity contribution is -0.328. The summed E-state index contributed by atoms with van der Waals surface area (Å²) in [5.41, 5.74) is -0.484. The van der Waals surface area contributed by atoms with Crippen LogP contribution in [0.3, 0.4) is 0 Å². The van der Waals surface area contributed by atoms with Gasteiger partial charge in [-0.25, -0.2) is 4.79 Å². The molecule has 5 saturated carbocycles. The molecule has 3 N–H and O–H groups in total. The highest BCUT2D eigenvalue weighted by atomic mass is 16.5. The number of fused-ring (bicyclic) bond motifs is 1. The van der Waals surface area contributed by atoms with Crippen LogP contribution in [-0.4, -0.2) is 57.8 Å². The van der Waals surface area contributed by atoms with Crippen molar-refractivity contribution in [3.05, 3.63) is 47.5 Å². The lowest BCUT2D eigenvalue weighted by Gasteiger charge is -2.70. The van der Waals surface area contributed by atoms with Crippen LogP contribution in [0.4, 0.5) is 0 Å². The number of hydrogen-bond acceptors (Lipinski definition) is 7. The quantitative estimate of drug-likeness (QED) is 0.161. The largest absolute Gasteiger partial charge is 0.462 e. The minimum absolute atomic E-state index is 0.112. The van der Waals surface area contributed by atoms with Crippen LogP contribution in [0.2, 0.25) is 0 Å². The molecule has 0 saturated heterocycles. The van der Waals surface area contributed by atoms with Crippen molar-refractivity contribution in [3.8, 4) is 0 Å². The molecule has 7 rings (SSSR count). The Morgan fingerprint density at radius 1 is 0.911 bits per heavy atom. The Labute approximate surface area is 337 Å². The third kappa shape index (κ3) is 8.18. The van der Waals surface area contributed by atoms with Gasteiger partial charge in [-0.1, -0.05) is 89.6 Å². The fourth-order valence-corrected chi connectivity index (χ4v) is 13.9. The predicted molar refractivity (Wildman–Crippen MR) is 219 cm³/mol. The average Bonchev–Trinajstić information content (AvgIpc) is 3.85. The monoisotopic (exact) mass is 775 g/mol. The van der Waals surface area contributed by atoms with Crippen LogP contribution in [0.15, 0.2) is 42.0 Å². The van der Waals surface area contributed by atoms with Gasteiger partial charge in [0.05, 0.1) is 29.1 Å². The van der Waals surface area contributed by atoms with Crippen molar-refractivity contribution in [2.24, 2.45) is 45.8 Å². The number of hydrogen-bond donors (Lipinski definition) is 3. The van der Waals surface area contributed by atoms with E-state index in [2.05, 4.69) is 44.2 Å². The van der Waals surface area contributed by atoms with Gasteiger partial charge in [-0.3, -0.25) is 4.79 Å². The van der Waals surface area contributed by atoms with Crippen LogP contribution in [0.5, 0.6) is 0 Å². The summed E-state index contributed by atoms with van der Waals surface area (Å²) < 4.78 is 12.1. The van der Waals surface area contributed by atoms with E-state index in [9.17, 15) is 24.9 Å². The standard InChI is InChI=1S/C49H74O7/c1-34(13-12-16-36-14-6-4-7-15-36)19-20-41(50)49-42(51)24-27-46(3,39-22-28-47(29-23-39)25-10-11-26-47)44(49)40(56-45(53)38-17-8-5-9-18-38)31-35(2)48(49,54)30-21-37-32-43(52)55-33-37/h4,6-7,14-15,32,34-35,38-42,44,50-51,54H,5,8-13,16-31,33H2,1-3H3/t34-,35-,40-,41+,42+,44+,46+,48-,49+/m1/s1. The highest BCUT2D eigenvalue weighted by Gasteiger charge is 2.74. The van der Waals surface area contributed by atoms with Crippen molar-refractivity contribution in [1.82, 2.24) is 0 Å². The molecule has 312 valence electrons. The maximum atomic E-state index is 14.2. The molecule has 0 amide bonds. The molecule has 5 fully saturated rings. The van der Waals surface area contributed by atoms with Crippen LogP contribution < -0.4 is 0 Å². The summed E-state index contributed by atoms with van der Waals surface area (Å²) in [7, 11) is 0. The molecule has 0 aromatic heterocycles. The fraction of sp³-hybridized carbons (Fsp3) is 0.796. The zero-order chi connectivity index (χ0) is 39.6. The minimum atomic E-state index is -1.46. The molecule has 1 aromatic rings. The summed E-state index contributed by atoms with van der Waals surface area (Å²) in [6.07, 6.45) is 20.9. The second kappa shape index (κ2) is 17.6. The average molecular weight is 775 g/mol. The second-order valence-corrected chi connectivity index (χ2v) is 20.3. The Bertz CT molecular complexity index is 1500. The van der Waals surface area contributed by atoms with Crippen molar-refractivity contribution in [3.63, 3.8) is 0 Å². The molecule has 0 bridgehead atoms. The van der Waals surface area contributed by atoms with E-state index in [1.807, 2.05) is 6.92 Å². The lowest BCUT2D eigenvalue weighted by atomic mass is 9.37. The number of aliphatic hydroxyl groups is 3. The van der Waals surface area contributed by atoms with E-state index in [1.54, 1.807) is 6.08 Å². The van der Waals surface area contributed by atoms with Crippen molar-refractivity contribution in [2.45, 2.75) is 192 Å². The van der Waals surface area contributed by atoms with Gasteiger partial charge in [-0.2, -0.15) is 0 Å². The fourth-order valence-electron chi connectivity index (χ4n) is 13.9. The number of aryl methyl sites for hydroxylation is 1. The number of carbonyl (C=O) groups excluding carboxylic acids is 2. The van der Waals surface area contributed by atoms with Crippen molar-refractivity contribution < 1.29 is 34.4 Å². The van der Waals surface area contributed by atoms with Gasteiger partial charge < -0.3 is 24.8 Å². The van der Waals surface area contributed by atoms with Gasteiger partial charge in [-0.05, 0) is 149 Å². The summed E-state index contributed by atoms with van der Waals surface area (Å²) in [4.78, 5) is 26.4. The zero-order valence-electron chi connectivity index (χ0n) is 35.0. The van der Waals surface area contributed by atoms with Gasteiger partial charge in [0.1, 0.15) is 12.7 Å². The normalized spacial score (nSPS) is 36.1. The molecule has 1 aliphatic heterocycles. The molecule has 9 atom stereocenters. The molecular formula is C49H74O7. The van der Waals surface area contributed by atoms with E-state index < -0.39 is 35.2 Å². The van der Waals surface area contributed by atoms with Crippen molar-refractivity contribution >= 4 is 11.9 Å². The van der Waals surface area contributed by atoms with Gasteiger partial charge in [0.25, 0.3) is 0 Å². The van der Waals surface area contributed by atoms with Crippen LogP contribution >= 0.6 is 0 Å². The third-order valence-electron chi connectivity index (χ3n) is 17.1. The molecule has 1 heterocycles. The number of ether oxygens (including phenoxy) is 2. The Hall–Kier alpha value is -2.22. The predicted octanol–water partition coefficient (Wildman–Crippen LogP) is 9.83. The number of benzene rings is 1. The summed E-state index contributed by atoms with van der Waals surface area (Å²) in [5, 5.41) is 39.6. The van der Waals surface area contributed by atoms with E-state index >= 15 is 0 Å². The van der Waals surface area contributed by atoms with Gasteiger partial charge >= 0.3 is 11.9 Å². The molecule has 0 unspecified atom stereocenters. The van der Waals surface area contributed by atoms with Gasteiger partial charge in [0.15, 0.2) is 0 Å². The number of esters is 2. The molecule has 0 radical (unpaired) electrons. The van der Waals surface area contributed by atoms with Crippen LogP contribution in [0.1, 0.15) is 168 Å². The Morgan fingerprint density at radius 2 is 1.62 bits per heavy atom.